The SMILES string of the molecule is CCC1(C(OC(c2ccc(N)cc2)C2(CC)COC2)c2ccc(N)cc2)COC1. The van der Waals surface area contributed by atoms with E-state index in [4.69, 9.17) is 25.7 Å². The van der Waals surface area contributed by atoms with Crippen LogP contribution in [0.5, 0.6) is 0 Å². The number of ether oxygens (including phenoxy) is 3. The Balaban J connectivity index is 1.73. The van der Waals surface area contributed by atoms with E-state index < -0.39 is 0 Å². The first kappa shape index (κ1) is 20.2. The molecular weight excluding hydrogens is 364 g/mol. The van der Waals surface area contributed by atoms with E-state index in [0.717, 1.165) is 35.3 Å². The summed E-state index contributed by atoms with van der Waals surface area (Å²) in [6.07, 6.45) is 1.83. The summed E-state index contributed by atoms with van der Waals surface area (Å²) in [6.45, 7) is 7.28. The highest BCUT2D eigenvalue weighted by atomic mass is 16.5. The summed E-state index contributed by atoms with van der Waals surface area (Å²) in [4.78, 5) is 0. The van der Waals surface area contributed by atoms with E-state index >= 15 is 0 Å². The number of nitrogens with two attached hydrogens (primary N) is 2. The first-order valence-electron chi connectivity index (χ1n) is 10.5. The van der Waals surface area contributed by atoms with Crippen molar-refractivity contribution in [2.75, 3.05) is 37.9 Å². The number of rotatable bonds is 8. The Kier molecular flexibility index (Phi) is 5.56. The molecule has 0 aromatic heterocycles. The van der Waals surface area contributed by atoms with E-state index in [-0.39, 0.29) is 23.0 Å². The quantitative estimate of drug-likeness (QED) is 0.642. The average Bonchev–Trinajstić information content (AvgIpc) is 2.66. The van der Waals surface area contributed by atoms with Gasteiger partial charge in [-0.15, -0.1) is 0 Å². The third-order valence-electron chi connectivity index (χ3n) is 6.83. The number of anilines is 2. The first-order chi connectivity index (χ1) is 14.0. The third-order valence-corrected chi connectivity index (χ3v) is 6.83. The molecule has 2 aliphatic rings. The monoisotopic (exact) mass is 396 g/mol. The normalized spacial score (nSPS) is 21.6. The van der Waals surface area contributed by atoms with Gasteiger partial charge < -0.3 is 25.7 Å². The minimum atomic E-state index is -0.0755. The van der Waals surface area contributed by atoms with Crippen molar-refractivity contribution in [3.8, 4) is 0 Å². The Morgan fingerprint density at radius 2 is 1.07 bits per heavy atom. The Morgan fingerprint density at radius 3 is 1.31 bits per heavy atom. The molecule has 2 fully saturated rings. The lowest BCUT2D eigenvalue weighted by atomic mass is 9.72. The molecule has 0 bridgehead atoms. The summed E-state index contributed by atoms with van der Waals surface area (Å²) in [5, 5.41) is 0. The third kappa shape index (κ3) is 3.63. The van der Waals surface area contributed by atoms with Crippen molar-refractivity contribution in [3.05, 3.63) is 59.7 Å². The van der Waals surface area contributed by atoms with Gasteiger partial charge in [-0.25, -0.2) is 0 Å². The van der Waals surface area contributed by atoms with Gasteiger partial charge in [-0.1, -0.05) is 38.1 Å². The highest BCUT2D eigenvalue weighted by Crippen LogP contribution is 2.53. The topological polar surface area (TPSA) is 79.7 Å². The minimum Gasteiger partial charge on any atom is -0.399 e. The van der Waals surface area contributed by atoms with Crippen molar-refractivity contribution in [2.24, 2.45) is 10.8 Å². The summed E-state index contributed by atoms with van der Waals surface area (Å²) in [7, 11) is 0. The number of benzene rings is 2. The van der Waals surface area contributed by atoms with Gasteiger partial charge in [-0.3, -0.25) is 0 Å². The molecule has 0 radical (unpaired) electrons. The molecule has 2 aliphatic heterocycles. The molecule has 29 heavy (non-hydrogen) atoms. The van der Waals surface area contributed by atoms with Crippen molar-refractivity contribution >= 4 is 11.4 Å². The van der Waals surface area contributed by atoms with Gasteiger partial charge in [0.25, 0.3) is 0 Å². The summed E-state index contributed by atoms with van der Waals surface area (Å²) < 4.78 is 18.4. The maximum absolute atomic E-state index is 7.06. The van der Waals surface area contributed by atoms with Crippen LogP contribution in [0.25, 0.3) is 0 Å². The van der Waals surface area contributed by atoms with Crippen LogP contribution in [-0.4, -0.2) is 26.4 Å². The van der Waals surface area contributed by atoms with Gasteiger partial charge in [-0.05, 0) is 48.2 Å². The van der Waals surface area contributed by atoms with Gasteiger partial charge in [0.05, 0.1) is 38.6 Å². The van der Waals surface area contributed by atoms with Crippen molar-refractivity contribution in [2.45, 2.75) is 38.9 Å². The Morgan fingerprint density at radius 1 is 0.724 bits per heavy atom. The Labute approximate surface area is 173 Å². The van der Waals surface area contributed by atoms with Gasteiger partial charge in [0.2, 0.25) is 0 Å². The zero-order chi connectivity index (χ0) is 20.5. The van der Waals surface area contributed by atoms with Crippen molar-refractivity contribution in [1.82, 2.24) is 0 Å². The maximum atomic E-state index is 7.06. The van der Waals surface area contributed by atoms with Crippen LogP contribution >= 0.6 is 0 Å². The molecule has 2 atom stereocenters. The van der Waals surface area contributed by atoms with Crippen molar-refractivity contribution in [1.29, 1.82) is 0 Å². The lowest BCUT2D eigenvalue weighted by Gasteiger charge is -2.52. The van der Waals surface area contributed by atoms with E-state index in [0.29, 0.717) is 26.4 Å². The average molecular weight is 397 g/mol. The molecular formula is C24H32N2O3. The molecule has 0 aliphatic carbocycles. The number of hydrogen-bond acceptors (Lipinski definition) is 5. The highest BCUT2D eigenvalue weighted by Gasteiger charge is 2.51. The second-order valence-corrected chi connectivity index (χ2v) is 8.65. The summed E-state index contributed by atoms with van der Waals surface area (Å²) >= 11 is 0. The molecule has 5 nitrogen and oxygen atoms in total. The summed E-state index contributed by atoms with van der Waals surface area (Å²) in [5.74, 6) is 0. The molecule has 0 spiro atoms. The van der Waals surface area contributed by atoms with Gasteiger partial charge in [0, 0.05) is 22.2 Å². The Hall–Kier alpha value is -2.08. The first-order valence-corrected chi connectivity index (χ1v) is 10.5. The van der Waals surface area contributed by atoms with Gasteiger partial charge in [0.15, 0.2) is 0 Å². The van der Waals surface area contributed by atoms with Crippen molar-refractivity contribution in [3.63, 3.8) is 0 Å². The van der Waals surface area contributed by atoms with Gasteiger partial charge >= 0.3 is 0 Å². The van der Waals surface area contributed by atoms with E-state index in [1.54, 1.807) is 0 Å². The largest absolute Gasteiger partial charge is 0.399 e. The molecule has 2 aromatic rings. The van der Waals surface area contributed by atoms with Gasteiger partial charge in [0.1, 0.15) is 0 Å². The fourth-order valence-electron chi connectivity index (χ4n) is 4.44. The molecule has 5 heteroatoms. The van der Waals surface area contributed by atoms with E-state index in [1.807, 2.05) is 24.3 Å². The minimum absolute atomic E-state index is 0.0261. The zero-order valence-corrected chi connectivity index (χ0v) is 17.4. The summed E-state index contributed by atoms with van der Waals surface area (Å²) in [6, 6.07) is 16.2. The smallest absolute Gasteiger partial charge is 0.0933 e. The summed E-state index contributed by atoms with van der Waals surface area (Å²) in [5.41, 5.74) is 15.7. The molecule has 4 N–H and O–H groups in total. The zero-order valence-electron chi connectivity index (χ0n) is 17.4. The lowest BCUT2D eigenvalue weighted by molar-refractivity contribution is -0.254. The van der Waals surface area contributed by atoms with Crippen LogP contribution in [0.2, 0.25) is 0 Å². The molecule has 156 valence electrons. The van der Waals surface area contributed by atoms with Gasteiger partial charge in [-0.2, -0.15) is 0 Å². The number of hydrogen-bond donors (Lipinski definition) is 2. The maximum Gasteiger partial charge on any atom is 0.0933 e. The van der Waals surface area contributed by atoms with Crippen LogP contribution in [0, 0.1) is 10.8 Å². The van der Waals surface area contributed by atoms with Crippen LogP contribution in [0.3, 0.4) is 0 Å². The predicted octanol–water partition coefficient (Wildman–Crippen LogP) is 4.50. The molecule has 2 saturated heterocycles. The van der Waals surface area contributed by atoms with Crippen LogP contribution in [0.1, 0.15) is 50.0 Å². The standard InChI is InChI=1S/C24H32N2O3/c1-3-23(13-27-14-23)21(17-5-9-19(25)10-6-17)29-22(24(4-2)15-28-16-24)18-7-11-20(26)12-8-18/h5-12,21-22H,3-4,13-16,25-26H2,1-2H3. The van der Waals surface area contributed by atoms with E-state index in [9.17, 15) is 0 Å². The second-order valence-electron chi connectivity index (χ2n) is 8.65. The van der Waals surface area contributed by atoms with Crippen LogP contribution < -0.4 is 11.5 Å². The molecule has 4 rings (SSSR count). The molecule has 0 saturated carbocycles. The van der Waals surface area contributed by atoms with E-state index in [1.165, 1.54) is 0 Å². The highest BCUT2D eigenvalue weighted by molar-refractivity contribution is 5.42. The van der Waals surface area contributed by atoms with E-state index in [2.05, 4.69) is 38.1 Å². The molecule has 2 unspecified atom stereocenters. The number of nitrogen functional groups attached to an aromatic ring is 2. The molecule has 2 aromatic carbocycles. The molecule has 2 heterocycles. The van der Waals surface area contributed by atoms with Crippen molar-refractivity contribution < 1.29 is 14.2 Å². The predicted molar refractivity (Wildman–Crippen MR) is 115 cm³/mol. The second kappa shape index (κ2) is 7.98. The lowest BCUT2D eigenvalue weighted by Crippen LogP contribution is -2.52. The Bertz CT molecular complexity index is 731. The fraction of sp³-hybridized carbons (Fsp3) is 0.500. The van der Waals surface area contributed by atoms with Crippen LogP contribution in [-0.2, 0) is 14.2 Å². The van der Waals surface area contributed by atoms with Crippen LogP contribution in [0.4, 0.5) is 11.4 Å². The van der Waals surface area contributed by atoms with Crippen LogP contribution in [0.15, 0.2) is 48.5 Å². The fourth-order valence-corrected chi connectivity index (χ4v) is 4.44. The molecule has 0 amide bonds.